The van der Waals surface area contributed by atoms with Crippen LogP contribution in [0.15, 0.2) is 42.5 Å². The van der Waals surface area contributed by atoms with E-state index in [1.54, 1.807) is 45.0 Å². The Morgan fingerprint density at radius 1 is 1.06 bits per heavy atom. The molecule has 0 aromatic heterocycles. The van der Waals surface area contributed by atoms with Crippen LogP contribution in [0, 0.1) is 5.82 Å². The fourth-order valence-electron chi connectivity index (χ4n) is 4.17. The maximum absolute atomic E-state index is 15.1. The molecule has 0 fully saturated rings. The molecule has 0 bridgehead atoms. The summed E-state index contributed by atoms with van der Waals surface area (Å²) in [5.74, 6) is -4.90. The number of benzene rings is 3. The van der Waals surface area contributed by atoms with Gasteiger partial charge in [0.15, 0.2) is 0 Å². The summed E-state index contributed by atoms with van der Waals surface area (Å²) >= 11 is 0. The largest absolute Gasteiger partial charge is 0.506 e. The van der Waals surface area contributed by atoms with E-state index in [2.05, 4.69) is 0 Å². The van der Waals surface area contributed by atoms with Crippen molar-refractivity contribution >= 4 is 34.2 Å². The molecule has 1 atom stereocenters. The van der Waals surface area contributed by atoms with E-state index in [4.69, 9.17) is 4.74 Å². The maximum atomic E-state index is 15.1. The normalized spacial score (nSPS) is 14.2. The van der Waals surface area contributed by atoms with Gasteiger partial charge in [-0.15, -0.1) is 0 Å². The zero-order valence-electron chi connectivity index (χ0n) is 18.3. The number of carboxylic acids is 1. The first-order valence-corrected chi connectivity index (χ1v) is 10.5. The molecule has 2 amide bonds. The molecule has 1 unspecified atom stereocenters. The number of anilines is 1. The lowest BCUT2D eigenvalue weighted by atomic mass is 9.96. The highest BCUT2D eigenvalue weighted by Gasteiger charge is 2.44. The predicted octanol–water partition coefficient (Wildman–Crippen LogP) is 4.85. The average molecular weight is 451 g/mol. The van der Waals surface area contributed by atoms with Gasteiger partial charge in [0.05, 0.1) is 28.8 Å². The van der Waals surface area contributed by atoms with E-state index in [9.17, 15) is 24.6 Å². The van der Waals surface area contributed by atoms with Crippen LogP contribution in [-0.2, 0) is 4.79 Å². The number of carbonyl (C=O) groups is 3. The Kier molecular flexibility index (Phi) is 5.53. The van der Waals surface area contributed by atoms with Crippen molar-refractivity contribution in [1.29, 1.82) is 0 Å². The van der Waals surface area contributed by atoms with Crippen molar-refractivity contribution in [2.24, 2.45) is 0 Å². The number of hydrogen-bond acceptors (Lipinski definition) is 5. The Morgan fingerprint density at radius 3 is 2.27 bits per heavy atom. The third-order valence-corrected chi connectivity index (χ3v) is 5.65. The minimum absolute atomic E-state index is 0.134. The topological polar surface area (TPSA) is 104 Å². The molecule has 1 heterocycles. The summed E-state index contributed by atoms with van der Waals surface area (Å²) in [5.41, 5.74) is -0.496. The molecule has 1 aliphatic rings. The molecule has 170 valence electrons. The standard InChI is InChI=1S/C25H22FNO6/c1-4-14(25(31)32)13-9-10-18(17(26)11-13)27-23(29)19-20(24(27)30)22(33-12(2)3)16-8-6-5-7-15(16)21(19)28/h5-12,14,28H,4H2,1-3H3,(H,31,32). The highest BCUT2D eigenvalue weighted by Crippen LogP contribution is 2.46. The van der Waals surface area contributed by atoms with Gasteiger partial charge in [-0.05, 0) is 38.0 Å². The first-order valence-electron chi connectivity index (χ1n) is 10.5. The second kappa shape index (κ2) is 8.20. The minimum Gasteiger partial charge on any atom is -0.506 e. The fourth-order valence-corrected chi connectivity index (χ4v) is 4.17. The third kappa shape index (κ3) is 3.47. The van der Waals surface area contributed by atoms with Crippen molar-refractivity contribution in [3.8, 4) is 11.5 Å². The van der Waals surface area contributed by atoms with E-state index >= 15 is 4.39 Å². The molecule has 0 aliphatic carbocycles. The van der Waals surface area contributed by atoms with Gasteiger partial charge in [-0.2, -0.15) is 0 Å². The number of phenolic OH excluding ortho intramolecular Hbond substituents is 1. The average Bonchev–Trinajstić information content (AvgIpc) is 3.02. The lowest BCUT2D eigenvalue weighted by molar-refractivity contribution is -0.138. The number of phenols is 1. The first kappa shape index (κ1) is 22.3. The number of hydrogen-bond donors (Lipinski definition) is 2. The highest BCUT2D eigenvalue weighted by molar-refractivity contribution is 6.38. The molecule has 3 aromatic carbocycles. The van der Waals surface area contributed by atoms with Gasteiger partial charge in [0.1, 0.15) is 17.3 Å². The summed E-state index contributed by atoms with van der Waals surface area (Å²) in [6.45, 7) is 5.19. The smallest absolute Gasteiger partial charge is 0.310 e. The van der Waals surface area contributed by atoms with Crippen molar-refractivity contribution in [2.75, 3.05) is 4.90 Å². The Labute approximate surface area is 189 Å². The van der Waals surface area contributed by atoms with Crippen molar-refractivity contribution in [3.05, 3.63) is 65.0 Å². The fraction of sp³-hybridized carbons (Fsp3) is 0.240. The Bertz CT molecular complexity index is 1320. The van der Waals surface area contributed by atoms with Gasteiger partial charge < -0.3 is 14.9 Å². The number of rotatable bonds is 6. The summed E-state index contributed by atoms with van der Waals surface area (Å²) in [7, 11) is 0. The van der Waals surface area contributed by atoms with Crippen LogP contribution in [0.1, 0.15) is 59.4 Å². The summed E-state index contributed by atoms with van der Waals surface area (Å²) in [5, 5.41) is 21.0. The molecule has 8 heteroatoms. The summed E-state index contributed by atoms with van der Waals surface area (Å²) in [6.07, 6.45) is -0.0886. The predicted molar refractivity (Wildman–Crippen MR) is 120 cm³/mol. The van der Waals surface area contributed by atoms with Crippen LogP contribution in [0.5, 0.6) is 11.5 Å². The van der Waals surface area contributed by atoms with Gasteiger partial charge in [-0.1, -0.05) is 37.3 Å². The monoisotopic (exact) mass is 451 g/mol. The van der Waals surface area contributed by atoms with Gasteiger partial charge >= 0.3 is 5.97 Å². The lowest BCUT2D eigenvalue weighted by Gasteiger charge is -2.18. The molecule has 4 rings (SSSR count). The number of halogens is 1. The Balaban J connectivity index is 1.89. The van der Waals surface area contributed by atoms with Gasteiger partial charge in [-0.25, -0.2) is 9.29 Å². The molecule has 33 heavy (non-hydrogen) atoms. The summed E-state index contributed by atoms with van der Waals surface area (Å²) in [4.78, 5) is 38.8. The first-order chi connectivity index (χ1) is 15.7. The molecule has 0 spiro atoms. The molecule has 2 N–H and O–H groups in total. The van der Waals surface area contributed by atoms with E-state index < -0.39 is 29.5 Å². The quantitative estimate of drug-likeness (QED) is 0.519. The van der Waals surface area contributed by atoms with Gasteiger partial charge in [-0.3, -0.25) is 14.4 Å². The zero-order chi connectivity index (χ0) is 24.0. The van der Waals surface area contributed by atoms with Crippen LogP contribution >= 0.6 is 0 Å². The molecule has 0 radical (unpaired) electrons. The minimum atomic E-state index is -1.10. The molecular weight excluding hydrogens is 429 g/mol. The number of imide groups is 1. The van der Waals surface area contributed by atoms with E-state index in [0.717, 1.165) is 6.07 Å². The second-order valence-electron chi connectivity index (χ2n) is 8.10. The van der Waals surface area contributed by atoms with Crippen molar-refractivity contribution < 1.29 is 33.7 Å². The van der Waals surface area contributed by atoms with Crippen LogP contribution in [0.4, 0.5) is 10.1 Å². The van der Waals surface area contributed by atoms with Crippen molar-refractivity contribution in [1.82, 2.24) is 0 Å². The summed E-state index contributed by atoms with van der Waals surface area (Å²) < 4.78 is 21.0. The number of aromatic hydroxyl groups is 1. The summed E-state index contributed by atoms with van der Waals surface area (Å²) in [6, 6.07) is 10.3. The van der Waals surface area contributed by atoms with Crippen LogP contribution in [0.3, 0.4) is 0 Å². The molecule has 0 saturated carbocycles. The van der Waals surface area contributed by atoms with Crippen LogP contribution in [0.2, 0.25) is 0 Å². The van der Waals surface area contributed by atoms with Crippen molar-refractivity contribution in [2.45, 2.75) is 39.2 Å². The van der Waals surface area contributed by atoms with E-state index in [0.29, 0.717) is 15.7 Å². The number of carbonyl (C=O) groups excluding carboxylic acids is 2. The molecule has 1 aliphatic heterocycles. The number of ether oxygens (including phenoxy) is 1. The molecule has 0 saturated heterocycles. The lowest BCUT2D eigenvalue weighted by Crippen LogP contribution is -2.30. The van der Waals surface area contributed by atoms with E-state index in [1.165, 1.54) is 12.1 Å². The number of nitrogens with zero attached hydrogens (tertiary/aromatic N) is 1. The van der Waals surface area contributed by atoms with E-state index in [1.807, 2.05) is 0 Å². The van der Waals surface area contributed by atoms with E-state index in [-0.39, 0.29) is 46.4 Å². The van der Waals surface area contributed by atoms with Gasteiger partial charge in [0.2, 0.25) is 0 Å². The van der Waals surface area contributed by atoms with Gasteiger partial charge in [0.25, 0.3) is 11.8 Å². The number of amides is 2. The Hall–Kier alpha value is -3.94. The Morgan fingerprint density at radius 2 is 1.70 bits per heavy atom. The second-order valence-corrected chi connectivity index (χ2v) is 8.10. The number of fused-ring (bicyclic) bond motifs is 2. The highest BCUT2D eigenvalue weighted by atomic mass is 19.1. The maximum Gasteiger partial charge on any atom is 0.310 e. The number of carboxylic acid groups (broad SMARTS) is 1. The van der Waals surface area contributed by atoms with Gasteiger partial charge in [0, 0.05) is 10.8 Å². The van der Waals surface area contributed by atoms with Crippen molar-refractivity contribution in [3.63, 3.8) is 0 Å². The van der Waals surface area contributed by atoms with Crippen LogP contribution in [-0.4, -0.2) is 34.1 Å². The SMILES string of the molecule is CCC(C(=O)O)c1ccc(N2C(=O)c3c(c(OC(C)C)c4ccccc4c3O)C2=O)c(F)c1. The zero-order valence-corrected chi connectivity index (χ0v) is 18.3. The van der Waals surface area contributed by atoms with Crippen LogP contribution in [0.25, 0.3) is 10.8 Å². The molecular formula is C25H22FNO6. The molecule has 3 aromatic rings. The molecule has 7 nitrogen and oxygen atoms in total. The third-order valence-electron chi connectivity index (χ3n) is 5.65. The number of aliphatic carboxylic acids is 1. The van der Waals surface area contributed by atoms with Crippen LogP contribution < -0.4 is 9.64 Å².